The van der Waals surface area contributed by atoms with E-state index in [2.05, 4.69) is 11.9 Å². The molecule has 0 N–H and O–H groups in total. The van der Waals surface area contributed by atoms with Gasteiger partial charge in [0.25, 0.3) is 0 Å². The standard InChI is InChI=1S/C20H30FN/c1-2-3-4-5-6-7-8-9-10-11-20-19-13-12-18(21)16-17(19)14-15-22-20/h12-13,16H,2-11,14-15H2,1H3. The Morgan fingerprint density at radius 3 is 2.36 bits per heavy atom. The van der Waals surface area contributed by atoms with Crippen molar-refractivity contribution in [2.75, 3.05) is 6.54 Å². The maximum atomic E-state index is 13.3. The Morgan fingerprint density at radius 1 is 0.955 bits per heavy atom. The van der Waals surface area contributed by atoms with Crippen LogP contribution in [0.4, 0.5) is 4.39 Å². The molecule has 2 heteroatoms. The highest BCUT2D eigenvalue weighted by Crippen LogP contribution is 2.21. The van der Waals surface area contributed by atoms with Crippen molar-refractivity contribution in [3.8, 4) is 0 Å². The molecule has 0 atom stereocenters. The largest absolute Gasteiger partial charge is 0.289 e. The molecule has 22 heavy (non-hydrogen) atoms. The Kier molecular flexibility index (Phi) is 7.62. The molecule has 0 aromatic heterocycles. The molecule has 1 aliphatic heterocycles. The van der Waals surface area contributed by atoms with Crippen LogP contribution in [-0.2, 0) is 6.42 Å². The van der Waals surface area contributed by atoms with Crippen molar-refractivity contribution in [3.63, 3.8) is 0 Å². The molecule has 0 bridgehead atoms. The molecule has 0 unspecified atom stereocenters. The van der Waals surface area contributed by atoms with Crippen molar-refractivity contribution in [1.82, 2.24) is 0 Å². The second kappa shape index (κ2) is 9.76. The lowest BCUT2D eigenvalue weighted by Crippen LogP contribution is -2.13. The van der Waals surface area contributed by atoms with Crippen molar-refractivity contribution < 1.29 is 4.39 Å². The van der Waals surface area contributed by atoms with Crippen LogP contribution in [0, 0.1) is 5.82 Å². The molecule has 1 heterocycles. The molecule has 0 aliphatic carbocycles. The Labute approximate surface area is 135 Å². The molecule has 0 amide bonds. The summed E-state index contributed by atoms with van der Waals surface area (Å²) in [7, 11) is 0. The molecule has 1 nitrogen and oxygen atoms in total. The SMILES string of the molecule is CCCCCCCCCCCC1=NCCc2cc(F)ccc21. The van der Waals surface area contributed by atoms with Gasteiger partial charge in [-0.05, 0) is 48.6 Å². The van der Waals surface area contributed by atoms with E-state index in [1.807, 2.05) is 6.07 Å². The molecule has 0 fully saturated rings. The van der Waals surface area contributed by atoms with Crippen LogP contribution in [0.1, 0.15) is 82.3 Å². The van der Waals surface area contributed by atoms with Crippen LogP contribution in [0.3, 0.4) is 0 Å². The molecular formula is C20H30FN. The van der Waals surface area contributed by atoms with Gasteiger partial charge < -0.3 is 0 Å². The first-order valence-electron chi connectivity index (χ1n) is 9.13. The van der Waals surface area contributed by atoms with Crippen molar-refractivity contribution >= 4 is 5.71 Å². The first-order chi connectivity index (χ1) is 10.8. The fourth-order valence-corrected chi connectivity index (χ4v) is 3.26. The summed E-state index contributed by atoms with van der Waals surface area (Å²) in [5, 5.41) is 0. The van der Waals surface area contributed by atoms with E-state index >= 15 is 0 Å². The second-order valence-electron chi connectivity index (χ2n) is 6.46. The van der Waals surface area contributed by atoms with Gasteiger partial charge >= 0.3 is 0 Å². The number of hydrogen-bond donors (Lipinski definition) is 0. The zero-order valence-corrected chi connectivity index (χ0v) is 14.0. The van der Waals surface area contributed by atoms with Gasteiger partial charge in [-0.2, -0.15) is 0 Å². The zero-order chi connectivity index (χ0) is 15.6. The van der Waals surface area contributed by atoms with Crippen LogP contribution in [-0.4, -0.2) is 12.3 Å². The smallest absolute Gasteiger partial charge is 0.123 e. The number of fused-ring (bicyclic) bond motifs is 1. The van der Waals surface area contributed by atoms with Gasteiger partial charge in [0.2, 0.25) is 0 Å². The lowest BCUT2D eigenvalue weighted by molar-refractivity contribution is 0.568. The van der Waals surface area contributed by atoms with Crippen molar-refractivity contribution in [1.29, 1.82) is 0 Å². The number of halogens is 1. The monoisotopic (exact) mass is 303 g/mol. The van der Waals surface area contributed by atoms with Crippen molar-refractivity contribution in [3.05, 3.63) is 35.1 Å². The highest BCUT2D eigenvalue weighted by atomic mass is 19.1. The Balaban J connectivity index is 1.63. The molecule has 1 aromatic carbocycles. The average Bonchev–Trinajstić information content (AvgIpc) is 2.53. The topological polar surface area (TPSA) is 12.4 Å². The Morgan fingerprint density at radius 2 is 1.64 bits per heavy atom. The quantitative estimate of drug-likeness (QED) is 0.464. The predicted octanol–water partition coefficient (Wildman–Crippen LogP) is 6.09. The number of aliphatic imine (C=N–C) groups is 1. The van der Waals surface area contributed by atoms with E-state index in [4.69, 9.17) is 0 Å². The van der Waals surface area contributed by atoms with Crippen LogP contribution < -0.4 is 0 Å². The third-order valence-electron chi connectivity index (χ3n) is 4.58. The van der Waals surface area contributed by atoms with E-state index in [1.54, 1.807) is 12.1 Å². The third kappa shape index (κ3) is 5.55. The Hall–Kier alpha value is -1.18. The molecule has 0 saturated carbocycles. The highest BCUT2D eigenvalue weighted by Gasteiger charge is 2.14. The number of rotatable bonds is 10. The van der Waals surface area contributed by atoms with Gasteiger partial charge in [0.1, 0.15) is 5.82 Å². The minimum absolute atomic E-state index is 0.122. The van der Waals surface area contributed by atoms with Crippen molar-refractivity contribution in [2.45, 2.75) is 77.6 Å². The molecule has 1 aliphatic rings. The first kappa shape index (κ1) is 17.2. The van der Waals surface area contributed by atoms with Crippen LogP contribution in [0.25, 0.3) is 0 Å². The normalized spacial score (nSPS) is 13.8. The van der Waals surface area contributed by atoms with Crippen LogP contribution >= 0.6 is 0 Å². The molecule has 0 saturated heterocycles. The van der Waals surface area contributed by atoms with E-state index in [1.165, 1.54) is 69.1 Å². The predicted molar refractivity (Wildman–Crippen MR) is 93.4 cm³/mol. The summed E-state index contributed by atoms with van der Waals surface area (Å²) in [4.78, 5) is 4.66. The van der Waals surface area contributed by atoms with Crippen LogP contribution in [0.2, 0.25) is 0 Å². The summed E-state index contributed by atoms with van der Waals surface area (Å²) in [5.41, 5.74) is 3.53. The fraction of sp³-hybridized carbons (Fsp3) is 0.650. The summed E-state index contributed by atoms with van der Waals surface area (Å²) >= 11 is 0. The van der Waals surface area contributed by atoms with Gasteiger partial charge in [0.15, 0.2) is 0 Å². The maximum Gasteiger partial charge on any atom is 0.123 e. The molecule has 0 radical (unpaired) electrons. The summed E-state index contributed by atoms with van der Waals surface area (Å²) < 4.78 is 13.3. The number of nitrogens with zero attached hydrogens (tertiary/aromatic N) is 1. The molecule has 2 rings (SSSR count). The second-order valence-corrected chi connectivity index (χ2v) is 6.46. The summed E-state index contributed by atoms with van der Waals surface area (Å²) in [6.45, 7) is 3.09. The third-order valence-corrected chi connectivity index (χ3v) is 4.58. The van der Waals surface area contributed by atoms with E-state index in [0.717, 1.165) is 24.9 Å². The average molecular weight is 303 g/mol. The summed E-state index contributed by atoms with van der Waals surface area (Å²) in [6, 6.07) is 5.16. The molecule has 122 valence electrons. The highest BCUT2D eigenvalue weighted by molar-refractivity contribution is 6.02. The number of hydrogen-bond acceptors (Lipinski definition) is 1. The summed E-state index contributed by atoms with van der Waals surface area (Å²) in [5.74, 6) is -0.122. The van der Waals surface area contributed by atoms with Gasteiger partial charge in [0, 0.05) is 12.3 Å². The number of unbranched alkanes of at least 4 members (excludes halogenated alkanes) is 8. The van der Waals surface area contributed by atoms with Crippen molar-refractivity contribution in [2.24, 2.45) is 4.99 Å². The van der Waals surface area contributed by atoms with E-state index in [0.29, 0.717) is 0 Å². The molecule has 0 spiro atoms. The van der Waals surface area contributed by atoms with Crippen LogP contribution in [0.5, 0.6) is 0 Å². The van der Waals surface area contributed by atoms with E-state index in [-0.39, 0.29) is 5.82 Å². The number of benzene rings is 1. The van der Waals surface area contributed by atoms with Gasteiger partial charge in [-0.15, -0.1) is 0 Å². The fourth-order valence-electron chi connectivity index (χ4n) is 3.26. The van der Waals surface area contributed by atoms with E-state index < -0.39 is 0 Å². The zero-order valence-electron chi connectivity index (χ0n) is 14.0. The molecular weight excluding hydrogens is 273 g/mol. The van der Waals surface area contributed by atoms with Gasteiger partial charge in [0.05, 0.1) is 0 Å². The molecule has 1 aromatic rings. The first-order valence-corrected chi connectivity index (χ1v) is 9.13. The Bertz CT molecular complexity index is 479. The van der Waals surface area contributed by atoms with E-state index in [9.17, 15) is 4.39 Å². The maximum absolute atomic E-state index is 13.3. The van der Waals surface area contributed by atoms with Gasteiger partial charge in [-0.3, -0.25) is 4.99 Å². The van der Waals surface area contributed by atoms with Crippen LogP contribution in [0.15, 0.2) is 23.2 Å². The minimum atomic E-state index is -0.122. The van der Waals surface area contributed by atoms with Gasteiger partial charge in [-0.1, -0.05) is 58.3 Å². The van der Waals surface area contributed by atoms with Gasteiger partial charge in [-0.25, -0.2) is 4.39 Å². The minimum Gasteiger partial charge on any atom is -0.289 e. The lowest BCUT2D eigenvalue weighted by atomic mass is 9.94. The lowest BCUT2D eigenvalue weighted by Gasteiger charge is -2.17. The summed E-state index contributed by atoms with van der Waals surface area (Å²) in [6.07, 6.45) is 14.1.